The minimum Gasteiger partial charge on any atom is -0.283 e. The summed E-state index contributed by atoms with van der Waals surface area (Å²) in [7, 11) is -5.82. The van der Waals surface area contributed by atoms with E-state index in [0.29, 0.717) is 5.56 Å². The molecule has 0 saturated carbocycles. The summed E-state index contributed by atoms with van der Waals surface area (Å²) in [5.41, 5.74) is 0.875. The second-order valence-electron chi connectivity index (χ2n) is 3.51. The summed E-state index contributed by atoms with van der Waals surface area (Å²) in [6, 6.07) is 4.23. The monoisotopic (exact) mass is 356 g/mol. The number of aryl methyl sites for hydroxylation is 1. The third kappa shape index (κ3) is 3.67. The van der Waals surface area contributed by atoms with E-state index >= 15 is 0 Å². The molecule has 0 aliphatic rings. The van der Waals surface area contributed by atoms with Crippen molar-refractivity contribution < 1.29 is 16.8 Å². The molecule has 0 aliphatic carbocycles. The number of alkyl halides is 1. The van der Waals surface area contributed by atoms with E-state index in [0.717, 1.165) is 0 Å². The first-order valence-electron chi connectivity index (χ1n) is 4.82. The summed E-state index contributed by atoms with van der Waals surface area (Å²) in [6.45, 7) is 1.68. The van der Waals surface area contributed by atoms with Crippen LogP contribution >= 0.6 is 15.9 Å². The Labute approximate surface area is 115 Å². The Kier molecular flexibility index (Phi) is 4.76. The van der Waals surface area contributed by atoms with Gasteiger partial charge in [0.1, 0.15) is 4.66 Å². The summed E-state index contributed by atoms with van der Waals surface area (Å²) in [6.07, 6.45) is 0. The molecule has 0 atom stereocenters. The number of sulfonamides is 2. The average molecular weight is 357 g/mol. The zero-order valence-corrected chi connectivity index (χ0v) is 13.0. The van der Waals surface area contributed by atoms with E-state index in [-0.39, 0.29) is 15.2 Å². The SMILES string of the molecule is CNS(=O)(=O)c1ccc(C)c(NS(=O)(=O)CBr)c1. The molecule has 0 fully saturated rings. The van der Waals surface area contributed by atoms with Crippen molar-refractivity contribution in [3.05, 3.63) is 23.8 Å². The van der Waals surface area contributed by atoms with E-state index in [2.05, 4.69) is 25.4 Å². The molecule has 0 saturated heterocycles. The minimum atomic E-state index is -3.60. The fraction of sp³-hybridized carbons (Fsp3) is 0.333. The van der Waals surface area contributed by atoms with Gasteiger partial charge in [0.25, 0.3) is 0 Å². The predicted octanol–water partition coefficient (Wildman–Crippen LogP) is 0.997. The van der Waals surface area contributed by atoms with Gasteiger partial charge in [0.15, 0.2) is 0 Å². The fourth-order valence-corrected chi connectivity index (χ4v) is 2.90. The summed E-state index contributed by atoms with van der Waals surface area (Å²) < 4.78 is 50.3. The highest BCUT2D eigenvalue weighted by atomic mass is 79.9. The molecule has 9 heteroatoms. The number of rotatable bonds is 5. The van der Waals surface area contributed by atoms with Crippen LogP contribution in [-0.4, -0.2) is 28.5 Å². The van der Waals surface area contributed by atoms with Crippen LogP contribution in [0.15, 0.2) is 23.1 Å². The van der Waals surface area contributed by atoms with E-state index in [1.807, 2.05) is 0 Å². The van der Waals surface area contributed by atoms with Crippen molar-refractivity contribution in [3.63, 3.8) is 0 Å². The molecule has 0 bridgehead atoms. The van der Waals surface area contributed by atoms with E-state index < -0.39 is 20.0 Å². The van der Waals surface area contributed by atoms with Gasteiger partial charge in [-0.15, -0.1) is 0 Å². The zero-order valence-electron chi connectivity index (χ0n) is 9.77. The van der Waals surface area contributed by atoms with Gasteiger partial charge in [0, 0.05) is 0 Å². The first-order chi connectivity index (χ1) is 8.22. The Morgan fingerprint density at radius 2 is 1.83 bits per heavy atom. The Morgan fingerprint density at radius 1 is 1.22 bits per heavy atom. The summed E-state index contributed by atoms with van der Waals surface area (Å²) in [4.78, 5) is 0.00266. The summed E-state index contributed by atoms with van der Waals surface area (Å²) in [5, 5.41) is 0. The van der Waals surface area contributed by atoms with Crippen LogP contribution in [0.5, 0.6) is 0 Å². The molecular weight excluding hydrogens is 344 g/mol. The van der Waals surface area contributed by atoms with Gasteiger partial charge < -0.3 is 0 Å². The average Bonchev–Trinajstić information content (AvgIpc) is 2.31. The third-order valence-electron chi connectivity index (χ3n) is 2.20. The van der Waals surface area contributed by atoms with E-state index in [9.17, 15) is 16.8 Å². The highest BCUT2D eigenvalue weighted by Gasteiger charge is 2.15. The van der Waals surface area contributed by atoms with Gasteiger partial charge in [-0.3, -0.25) is 4.72 Å². The molecule has 18 heavy (non-hydrogen) atoms. The number of hydrogen-bond donors (Lipinski definition) is 2. The lowest BCUT2D eigenvalue weighted by Gasteiger charge is -2.11. The number of nitrogens with one attached hydrogen (secondary N) is 2. The molecule has 0 amide bonds. The van der Waals surface area contributed by atoms with Crippen molar-refractivity contribution in [2.45, 2.75) is 11.8 Å². The van der Waals surface area contributed by atoms with Gasteiger partial charge in [-0.05, 0) is 31.7 Å². The van der Waals surface area contributed by atoms with Gasteiger partial charge in [-0.25, -0.2) is 21.6 Å². The molecule has 0 radical (unpaired) electrons. The Morgan fingerprint density at radius 3 is 2.33 bits per heavy atom. The van der Waals surface area contributed by atoms with Crippen molar-refractivity contribution >= 4 is 41.7 Å². The Hall–Kier alpha value is -0.640. The molecule has 1 aromatic carbocycles. The fourth-order valence-electron chi connectivity index (χ4n) is 1.19. The molecule has 1 aromatic rings. The molecule has 2 N–H and O–H groups in total. The quantitative estimate of drug-likeness (QED) is 0.769. The topological polar surface area (TPSA) is 92.3 Å². The Bertz CT molecular complexity index is 641. The lowest BCUT2D eigenvalue weighted by Crippen LogP contribution is -2.19. The van der Waals surface area contributed by atoms with Crippen LogP contribution in [0, 0.1) is 6.92 Å². The van der Waals surface area contributed by atoms with Crippen molar-refractivity contribution in [1.29, 1.82) is 0 Å². The maximum absolute atomic E-state index is 11.6. The standard InChI is InChI=1S/C9H13BrN2O4S2/c1-7-3-4-8(18(15,16)11-2)5-9(7)12-17(13,14)6-10/h3-5,11-12H,6H2,1-2H3. The lowest BCUT2D eigenvalue weighted by atomic mass is 10.2. The molecule has 0 spiro atoms. The number of halogens is 1. The van der Waals surface area contributed by atoms with E-state index in [4.69, 9.17) is 0 Å². The van der Waals surface area contributed by atoms with Crippen molar-refractivity contribution in [2.24, 2.45) is 0 Å². The van der Waals surface area contributed by atoms with Crippen LogP contribution in [0.25, 0.3) is 0 Å². The van der Waals surface area contributed by atoms with Gasteiger partial charge in [-0.1, -0.05) is 22.0 Å². The van der Waals surface area contributed by atoms with Crippen LogP contribution in [-0.2, 0) is 20.0 Å². The lowest BCUT2D eigenvalue weighted by molar-refractivity contribution is 0.588. The minimum absolute atomic E-state index is 0.00266. The molecular formula is C9H13BrN2O4S2. The van der Waals surface area contributed by atoms with Gasteiger partial charge >= 0.3 is 0 Å². The molecule has 6 nitrogen and oxygen atoms in total. The maximum atomic E-state index is 11.6. The van der Waals surface area contributed by atoms with Crippen molar-refractivity contribution in [3.8, 4) is 0 Å². The van der Waals surface area contributed by atoms with Crippen LogP contribution < -0.4 is 9.44 Å². The predicted molar refractivity (Wildman–Crippen MR) is 73.8 cm³/mol. The largest absolute Gasteiger partial charge is 0.283 e. The molecule has 1 rings (SSSR count). The summed E-state index contributed by atoms with van der Waals surface area (Å²) >= 11 is 2.84. The molecule has 102 valence electrons. The molecule has 0 aliphatic heterocycles. The molecule has 0 heterocycles. The smallest absolute Gasteiger partial charge is 0.242 e. The first kappa shape index (κ1) is 15.4. The number of anilines is 1. The third-order valence-corrected chi connectivity index (χ3v) is 6.24. The number of hydrogen-bond acceptors (Lipinski definition) is 4. The zero-order chi connectivity index (χ0) is 14.0. The molecule has 0 aromatic heterocycles. The molecule has 0 unspecified atom stereocenters. The number of benzene rings is 1. The van der Waals surface area contributed by atoms with Gasteiger partial charge in [0.05, 0.1) is 10.6 Å². The van der Waals surface area contributed by atoms with Crippen molar-refractivity contribution in [2.75, 3.05) is 16.4 Å². The second kappa shape index (κ2) is 5.55. The summed E-state index contributed by atoms with van der Waals surface area (Å²) in [5.74, 6) is 0. The highest BCUT2D eigenvalue weighted by Crippen LogP contribution is 2.21. The van der Waals surface area contributed by atoms with Crippen molar-refractivity contribution in [1.82, 2.24) is 4.72 Å². The van der Waals surface area contributed by atoms with Crippen LogP contribution in [0.1, 0.15) is 5.56 Å². The normalized spacial score (nSPS) is 12.4. The van der Waals surface area contributed by atoms with Gasteiger partial charge in [0.2, 0.25) is 20.0 Å². The van der Waals surface area contributed by atoms with Crippen LogP contribution in [0.2, 0.25) is 0 Å². The second-order valence-corrected chi connectivity index (χ2v) is 8.42. The van der Waals surface area contributed by atoms with Gasteiger partial charge in [-0.2, -0.15) is 0 Å². The maximum Gasteiger partial charge on any atom is 0.242 e. The van der Waals surface area contributed by atoms with Crippen LogP contribution in [0.4, 0.5) is 5.69 Å². The Balaban J connectivity index is 3.27. The highest BCUT2D eigenvalue weighted by molar-refractivity contribution is 9.10. The van der Waals surface area contributed by atoms with E-state index in [1.54, 1.807) is 6.92 Å². The van der Waals surface area contributed by atoms with E-state index in [1.165, 1.54) is 25.2 Å². The first-order valence-corrected chi connectivity index (χ1v) is 9.08. The van der Waals surface area contributed by atoms with Crippen LogP contribution in [0.3, 0.4) is 0 Å².